The van der Waals surface area contributed by atoms with Gasteiger partial charge < -0.3 is 14.2 Å². The van der Waals surface area contributed by atoms with Gasteiger partial charge in [-0.25, -0.2) is 0 Å². The summed E-state index contributed by atoms with van der Waals surface area (Å²) in [4.78, 5) is 17.2. The lowest BCUT2D eigenvalue weighted by Gasteiger charge is -2.36. The van der Waals surface area contributed by atoms with Crippen LogP contribution in [-0.4, -0.2) is 48.3 Å². The Morgan fingerprint density at radius 3 is 2.84 bits per heavy atom. The van der Waals surface area contributed by atoms with Gasteiger partial charge in [-0.3, -0.25) is 9.69 Å². The molecule has 6 nitrogen and oxygen atoms in total. The maximum atomic E-state index is 13.0. The molecule has 2 aliphatic rings. The van der Waals surface area contributed by atoms with E-state index in [4.69, 9.17) is 9.26 Å². The molecule has 0 unspecified atom stereocenters. The van der Waals surface area contributed by atoms with E-state index in [9.17, 15) is 4.79 Å². The standard InChI is InChI=1S/C19H23N3O3/c1-14-11-15(20-25-14)12-21-8-7-17-18(13-21)24-10-9-22(19(17)23)16-5-3-2-4-6-16/h2-6,11,17-18H,7-10,12-13H2,1H3/t17-,18+/m1/s1. The lowest BCUT2D eigenvalue weighted by molar-refractivity contribution is -0.128. The number of piperidine rings is 1. The number of benzene rings is 1. The maximum Gasteiger partial charge on any atom is 0.232 e. The van der Waals surface area contributed by atoms with E-state index in [2.05, 4.69) is 10.1 Å². The van der Waals surface area contributed by atoms with E-state index in [1.165, 1.54) is 0 Å². The van der Waals surface area contributed by atoms with Crippen LogP contribution in [0.5, 0.6) is 0 Å². The van der Waals surface area contributed by atoms with Crippen molar-refractivity contribution >= 4 is 11.6 Å². The highest BCUT2D eigenvalue weighted by Gasteiger charge is 2.39. The molecule has 1 aromatic heterocycles. The summed E-state index contributed by atoms with van der Waals surface area (Å²) >= 11 is 0. The lowest BCUT2D eigenvalue weighted by Crippen LogP contribution is -2.49. The summed E-state index contributed by atoms with van der Waals surface area (Å²) in [6.45, 7) is 5.43. The molecular formula is C19H23N3O3. The highest BCUT2D eigenvalue weighted by Crippen LogP contribution is 2.28. The van der Waals surface area contributed by atoms with E-state index >= 15 is 0 Å². The summed E-state index contributed by atoms with van der Waals surface area (Å²) in [5, 5.41) is 4.07. The Morgan fingerprint density at radius 1 is 1.24 bits per heavy atom. The van der Waals surface area contributed by atoms with Crippen LogP contribution in [0.4, 0.5) is 5.69 Å². The van der Waals surface area contributed by atoms with E-state index in [1.807, 2.05) is 48.2 Å². The molecule has 2 fully saturated rings. The van der Waals surface area contributed by atoms with Crippen LogP contribution in [0, 0.1) is 12.8 Å². The van der Waals surface area contributed by atoms with Crippen LogP contribution in [0.3, 0.4) is 0 Å². The Kier molecular flexibility index (Phi) is 4.55. The zero-order valence-electron chi connectivity index (χ0n) is 14.4. The number of para-hydroxylation sites is 1. The molecule has 4 rings (SSSR count). The van der Waals surface area contributed by atoms with E-state index < -0.39 is 0 Å². The average molecular weight is 341 g/mol. The highest BCUT2D eigenvalue weighted by molar-refractivity contribution is 5.95. The molecule has 2 saturated heterocycles. The van der Waals surface area contributed by atoms with Gasteiger partial charge in [-0.05, 0) is 32.0 Å². The van der Waals surface area contributed by atoms with Crippen molar-refractivity contribution in [2.24, 2.45) is 5.92 Å². The molecule has 0 saturated carbocycles. The monoisotopic (exact) mass is 341 g/mol. The second-order valence-corrected chi connectivity index (χ2v) is 6.79. The Bertz CT molecular complexity index is 731. The minimum absolute atomic E-state index is 0.0528. The van der Waals surface area contributed by atoms with E-state index in [-0.39, 0.29) is 17.9 Å². The predicted molar refractivity (Wildman–Crippen MR) is 93.2 cm³/mol. The molecule has 25 heavy (non-hydrogen) atoms. The Balaban J connectivity index is 1.45. The summed E-state index contributed by atoms with van der Waals surface area (Å²) in [5.74, 6) is 0.938. The topological polar surface area (TPSA) is 58.8 Å². The number of likely N-dealkylation sites (tertiary alicyclic amines) is 1. The molecule has 1 amide bonds. The number of ether oxygens (including phenoxy) is 1. The maximum absolute atomic E-state index is 13.0. The molecule has 0 radical (unpaired) electrons. The first kappa shape index (κ1) is 16.3. The molecule has 0 bridgehead atoms. The summed E-state index contributed by atoms with van der Waals surface area (Å²) in [5.41, 5.74) is 1.89. The normalized spacial score (nSPS) is 24.8. The van der Waals surface area contributed by atoms with Gasteiger partial charge in [0, 0.05) is 31.4 Å². The van der Waals surface area contributed by atoms with Crippen molar-refractivity contribution in [3.8, 4) is 0 Å². The molecule has 3 heterocycles. The minimum Gasteiger partial charge on any atom is -0.374 e. The first-order chi connectivity index (χ1) is 12.2. The van der Waals surface area contributed by atoms with Crippen LogP contribution in [0.1, 0.15) is 17.9 Å². The first-order valence-corrected chi connectivity index (χ1v) is 8.83. The van der Waals surface area contributed by atoms with Gasteiger partial charge in [-0.1, -0.05) is 23.4 Å². The van der Waals surface area contributed by atoms with E-state index in [1.54, 1.807) is 0 Å². The second kappa shape index (κ2) is 6.98. The van der Waals surface area contributed by atoms with Crippen LogP contribution in [0.25, 0.3) is 0 Å². The fraction of sp³-hybridized carbons (Fsp3) is 0.474. The zero-order chi connectivity index (χ0) is 17.2. The number of carbonyl (C=O) groups excluding carboxylic acids is 1. The van der Waals surface area contributed by atoms with Crippen LogP contribution in [-0.2, 0) is 16.1 Å². The van der Waals surface area contributed by atoms with Crippen molar-refractivity contribution in [2.75, 3.05) is 31.1 Å². The van der Waals surface area contributed by atoms with E-state index in [0.717, 1.165) is 43.2 Å². The zero-order valence-corrected chi connectivity index (χ0v) is 14.4. The number of hydrogen-bond donors (Lipinski definition) is 0. The third kappa shape index (κ3) is 3.45. The van der Waals surface area contributed by atoms with Crippen LogP contribution in [0.15, 0.2) is 40.9 Å². The molecule has 0 N–H and O–H groups in total. The number of fused-ring (bicyclic) bond motifs is 1. The minimum atomic E-state index is -0.0713. The first-order valence-electron chi connectivity index (χ1n) is 8.83. The molecule has 2 aromatic rings. The molecule has 0 spiro atoms. The second-order valence-electron chi connectivity index (χ2n) is 6.79. The number of aryl methyl sites for hydroxylation is 1. The summed E-state index contributed by atoms with van der Waals surface area (Å²) in [6, 6.07) is 11.8. The van der Waals surface area contributed by atoms with Gasteiger partial charge in [-0.2, -0.15) is 0 Å². The third-order valence-electron chi connectivity index (χ3n) is 5.00. The van der Waals surface area contributed by atoms with Crippen molar-refractivity contribution in [1.29, 1.82) is 0 Å². The quantitative estimate of drug-likeness (QED) is 0.857. The van der Waals surface area contributed by atoms with Crippen molar-refractivity contribution in [3.63, 3.8) is 0 Å². The Labute approximate surface area is 147 Å². The number of aromatic nitrogens is 1. The molecule has 0 aliphatic carbocycles. The van der Waals surface area contributed by atoms with Gasteiger partial charge in [0.1, 0.15) is 5.76 Å². The number of nitrogens with zero attached hydrogens (tertiary/aromatic N) is 3. The Morgan fingerprint density at radius 2 is 2.08 bits per heavy atom. The number of carbonyl (C=O) groups is 1. The molecule has 2 aliphatic heterocycles. The van der Waals surface area contributed by atoms with Gasteiger partial charge in [0.05, 0.1) is 24.3 Å². The number of anilines is 1. The van der Waals surface area contributed by atoms with E-state index in [0.29, 0.717) is 13.2 Å². The molecule has 2 atom stereocenters. The number of hydrogen-bond acceptors (Lipinski definition) is 5. The average Bonchev–Trinajstić information content (AvgIpc) is 2.96. The fourth-order valence-electron chi connectivity index (χ4n) is 3.77. The van der Waals surface area contributed by atoms with Crippen molar-refractivity contribution in [3.05, 3.63) is 47.9 Å². The third-order valence-corrected chi connectivity index (χ3v) is 5.00. The number of rotatable bonds is 3. The van der Waals surface area contributed by atoms with Crippen LogP contribution < -0.4 is 4.90 Å². The SMILES string of the molecule is Cc1cc(CN2CC[C@H]3C(=O)N(c4ccccc4)CCO[C@H]3C2)no1. The van der Waals surface area contributed by atoms with Gasteiger partial charge in [0.2, 0.25) is 5.91 Å². The van der Waals surface area contributed by atoms with Gasteiger partial charge in [0.25, 0.3) is 0 Å². The number of amides is 1. The Hall–Kier alpha value is -2.18. The van der Waals surface area contributed by atoms with Crippen LogP contribution in [0.2, 0.25) is 0 Å². The summed E-state index contributed by atoms with van der Waals surface area (Å²) < 4.78 is 11.2. The predicted octanol–water partition coefficient (Wildman–Crippen LogP) is 2.24. The summed E-state index contributed by atoms with van der Waals surface area (Å²) in [7, 11) is 0. The highest BCUT2D eigenvalue weighted by atomic mass is 16.5. The molecule has 132 valence electrons. The molecule has 1 aromatic carbocycles. The van der Waals surface area contributed by atoms with Crippen molar-refractivity contribution in [2.45, 2.75) is 26.0 Å². The summed E-state index contributed by atoms with van der Waals surface area (Å²) in [6.07, 6.45) is 0.756. The van der Waals surface area contributed by atoms with Gasteiger partial charge in [0.15, 0.2) is 0 Å². The lowest BCUT2D eigenvalue weighted by atomic mass is 9.92. The van der Waals surface area contributed by atoms with Crippen LogP contribution >= 0.6 is 0 Å². The molecular weight excluding hydrogens is 318 g/mol. The van der Waals surface area contributed by atoms with Crippen molar-refractivity contribution in [1.82, 2.24) is 10.1 Å². The fourth-order valence-corrected chi connectivity index (χ4v) is 3.77. The van der Waals surface area contributed by atoms with Crippen molar-refractivity contribution < 1.29 is 14.1 Å². The molecule has 6 heteroatoms. The van der Waals surface area contributed by atoms with Gasteiger partial charge >= 0.3 is 0 Å². The van der Waals surface area contributed by atoms with Gasteiger partial charge in [-0.15, -0.1) is 0 Å². The smallest absolute Gasteiger partial charge is 0.232 e. The largest absolute Gasteiger partial charge is 0.374 e.